The molecule has 0 amide bonds. The molecule has 1 atom stereocenters. The number of rotatable bonds is 5. The monoisotopic (exact) mass is 244 g/mol. The Morgan fingerprint density at radius 1 is 1.56 bits per heavy atom. The smallest absolute Gasteiger partial charge is 0.344 e. The van der Waals surface area contributed by atoms with Gasteiger partial charge < -0.3 is 14.6 Å². The first kappa shape index (κ1) is 12.6. The number of carboxylic acids is 1. The maximum atomic E-state index is 10.8. The first-order valence-electron chi connectivity index (χ1n) is 4.81. The zero-order valence-electron chi connectivity index (χ0n) is 9.07. The Balaban J connectivity index is 2.90. The second-order valence-corrected chi connectivity index (χ2v) is 3.56. The lowest BCUT2D eigenvalue weighted by molar-refractivity contribution is -0.145. The van der Waals surface area contributed by atoms with E-state index in [2.05, 4.69) is 0 Å². The topological polar surface area (TPSA) is 55.8 Å². The highest BCUT2D eigenvalue weighted by atomic mass is 35.5. The van der Waals surface area contributed by atoms with Gasteiger partial charge in [-0.2, -0.15) is 0 Å². The zero-order valence-corrected chi connectivity index (χ0v) is 9.82. The molecule has 5 heteroatoms. The first-order chi connectivity index (χ1) is 7.58. The van der Waals surface area contributed by atoms with Gasteiger partial charge in [-0.1, -0.05) is 18.5 Å². The fraction of sp³-hybridized carbons (Fsp3) is 0.364. The standard InChI is InChI=1S/C11H13ClO4/c1-3-9(11(13)14)16-10-6-7(15-2)4-5-8(10)12/h4-6,9H,3H2,1-2H3,(H,13,14). The van der Waals surface area contributed by atoms with Gasteiger partial charge in [-0.3, -0.25) is 0 Å². The molecule has 88 valence electrons. The Kier molecular flexibility index (Phi) is 4.43. The lowest BCUT2D eigenvalue weighted by Gasteiger charge is -2.14. The molecule has 1 aromatic carbocycles. The minimum absolute atomic E-state index is 0.315. The van der Waals surface area contributed by atoms with Crippen LogP contribution in [0.15, 0.2) is 18.2 Å². The predicted octanol–water partition coefficient (Wildman–Crippen LogP) is 2.59. The summed E-state index contributed by atoms with van der Waals surface area (Å²) in [4.78, 5) is 10.8. The van der Waals surface area contributed by atoms with Crippen LogP contribution in [0.25, 0.3) is 0 Å². The van der Waals surface area contributed by atoms with E-state index in [1.165, 1.54) is 7.11 Å². The Morgan fingerprint density at radius 3 is 2.75 bits per heavy atom. The molecular weight excluding hydrogens is 232 g/mol. The van der Waals surface area contributed by atoms with Crippen LogP contribution in [0.2, 0.25) is 5.02 Å². The average Bonchev–Trinajstić information content (AvgIpc) is 2.27. The Labute approximate surface area is 98.7 Å². The quantitative estimate of drug-likeness (QED) is 0.865. The van der Waals surface area contributed by atoms with E-state index in [0.29, 0.717) is 22.9 Å². The molecule has 0 saturated carbocycles. The van der Waals surface area contributed by atoms with Crippen LogP contribution in [0.3, 0.4) is 0 Å². The number of hydrogen-bond donors (Lipinski definition) is 1. The molecule has 0 spiro atoms. The fourth-order valence-corrected chi connectivity index (χ4v) is 1.32. The third-order valence-electron chi connectivity index (χ3n) is 2.05. The molecule has 0 aliphatic carbocycles. The molecule has 0 radical (unpaired) electrons. The maximum absolute atomic E-state index is 10.8. The maximum Gasteiger partial charge on any atom is 0.344 e. The van der Waals surface area contributed by atoms with Crippen molar-refractivity contribution in [3.63, 3.8) is 0 Å². The van der Waals surface area contributed by atoms with Gasteiger partial charge in [0.25, 0.3) is 0 Å². The van der Waals surface area contributed by atoms with Crippen LogP contribution in [0.5, 0.6) is 11.5 Å². The zero-order chi connectivity index (χ0) is 12.1. The number of carboxylic acid groups (broad SMARTS) is 1. The number of methoxy groups -OCH3 is 1. The molecule has 1 unspecified atom stereocenters. The molecule has 0 heterocycles. The molecule has 0 saturated heterocycles. The third-order valence-corrected chi connectivity index (χ3v) is 2.37. The van der Waals surface area contributed by atoms with Crippen molar-refractivity contribution < 1.29 is 19.4 Å². The van der Waals surface area contributed by atoms with Crippen LogP contribution in [0.1, 0.15) is 13.3 Å². The summed E-state index contributed by atoms with van der Waals surface area (Å²) in [7, 11) is 1.52. The van der Waals surface area contributed by atoms with Crippen molar-refractivity contribution >= 4 is 17.6 Å². The van der Waals surface area contributed by atoms with Crippen molar-refractivity contribution in [3.05, 3.63) is 23.2 Å². The van der Waals surface area contributed by atoms with E-state index in [1.54, 1.807) is 25.1 Å². The van der Waals surface area contributed by atoms with Gasteiger partial charge in [0, 0.05) is 6.07 Å². The van der Waals surface area contributed by atoms with Gasteiger partial charge in [0.1, 0.15) is 11.5 Å². The van der Waals surface area contributed by atoms with Gasteiger partial charge in [-0.05, 0) is 18.6 Å². The van der Waals surface area contributed by atoms with Gasteiger partial charge in [0.2, 0.25) is 0 Å². The Bertz CT molecular complexity index is 378. The third kappa shape index (κ3) is 3.03. The van der Waals surface area contributed by atoms with Crippen molar-refractivity contribution in [1.29, 1.82) is 0 Å². The van der Waals surface area contributed by atoms with Crippen molar-refractivity contribution in [2.24, 2.45) is 0 Å². The largest absolute Gasteiger partial charge is 0.497 e. The van der Waals surface area contributed by atoms with E-state index in [1.807, 2.05) is 0 Å². The van der Waals surface area contributed by atoms with Crippen molar-refractivity contribution in [3.8, 4) is 11.5 Å². The summed E-state index contributed by atoms with van der Waals surface area (Å²) < 4.78 is 10.3. The first-order valence-corrected chi connectivity index (χ1v) is 5.19. The summed E-state index contributed by atoms with van der Waals surface area (Å²) in [5.74, 6) is -0.128. The number of benzene rings is 1. The second-order valence-electron chi connectivity index (χ2n) is 3.15. The molecule has 16 heavy (non-hydrogen) atoms. The fourth-order valence-electron chi connectivity index (χ4n) is 1.16. The van der Waals surface area contributed by atoms with E-state index in [-0.39, 0.29) is 0 Å². The van der Waals surface area contributed by atoms with Gasteiger partial charge in [0.15, 0.2) is 6.10 Å². The highest BCUT2D eigenvalue weighted by Gasteiger charge is 2.18. The van der Waals surface area contributed by atoms with Gasteiger partial charge in [-0.15, -0.1) is 0 Å². The van der Waals surface area contributed by atoms with E-state index < -0.39 is 12.1 Å². The van der Waals surface area contributed by atoms with Crippen molar-refractivity contribution in [2.45, 2.75) is 19.4 Å². The van der Waals surface area contributed by atoms with E-state index >= 15 is 0 Å². The highest BCUT2D eigenvalue weighted by Crippen LogP contribution is 2.30. The lowest BCUT2D eigenvalue weighted by atomic mass is 10.2. The number of hydrogen-bond acceptors (Lipinski definition) is 3. The molecule has 1 N–H and O–H groups in total. The molecule has 0 aliphatic heterocycles. The SMILES string of the molecule is CCC(Oc1cc(OC)ccc1Cl)C(=O)O. The van der Waals surface area contributed by atoms with Crippen LogP contribution in [0, 0.1) is 0 Å². The van der Waals surface area contributed by atoms with E-state index in [4.69, 9.17) is 26.2 Å². The molecule has 1 aromatic rings. The summed E-state index contributed by atoms with van der Waals surface area (Å²) in [6.07, 6.45) is -0.535. The van der Waals surface area contributed by atoms with Gasteiger partial charge in [-0.25, -0.2) is 4.79 Å². The van der Waals surface area contributed by atoms with Crippen molar-refractivity contribution in [2.75, 3.05) is 7.11 Å². The van der Waals surface area contributed by atoms with Crippen LogP contribution < -0.4 is 9.47 Å². The average molecular weight is 245 g/mol. The molecular formula is C11H13ClO4. The summed E-state index contributed by atoms with van der Waals surface area (Å²) in [5, 5.41) is 9.21. The number of carbonyl (C=O) groups is 1. The molecule has 0 aromatic heterocycles. The second kappa shape index (κ2) is 5.61. The van der Waals surface area contributed by atoms with E-state index in [0.717, 1.165) is 0 Å². The van der Waals surface area contributed by atoms with Gasteiger partial charge >= 0.3 is 5.97 Å². The normalized spacial score (nSPS) is 11.9. The summed E-state index contributed by atoms with van der Waals surface area (Å²) in [5.41, 5.74) is 0. The Morgan fingerprint density at radius 2 is 2.25 bits per heavy atom. The lowest BCUT2D eigenvalue weighted by Crippen LogP contribution is -2.26. The van der Waals surface area contributed by atoms with Crippen LogP contribution >= 0.6 is 11.6 Å². The van der Waals surface area contributed by atoms with Crippen molar-refractivity contribution in [1.82, 2.24) is 0 Å². The molecule has 0 bridgehead atoms. The molecule has 0 aliphatic rings. The van der Waals surface area contributed by atoms with Gasteiger partial charge in [0.05, 0.1) is 12.1 Å². The summed E-state index contributed by atoms with van der Waals surface area (Å²) in [6, 6.07) is 4.84. The Hall–Kier alpha value is -1.42. The van der Waals surface area contributed by atoms with Crippen LogP contribution in [0.4, 0.5) is 0 Å². The summed E-state index contributed by atoms with van der Waals surface area (Å²) >= 11 is 5.89. The molecule has 4 nitrogen and oxygen atoms in total. The number of ether oxygens (including phenoxy) is 2. The number of aliphatic carboxylic acids is 1. The number of halogens is 1. The van der Waals surface area contributed by atoms with Crippen LogP contribution in [-0.2, 0) is 4.79 Å². The predicted molar refractivity (Wildman–Crippen MR) is 60.3 cm³/mol. The van der Waals surface area contributed by atoms with E-state index in [9.17, 15) is 4.79 Å². The minimum atomic E-state index is -1.01. The minimum Gasteiger partial charge on any atom is -0.497 e. The molecule has 1 rings (SSSR count). The summed E-state index contributed by atoms with van der Waals surface area (Å²) in [6.45, 7) is 1.73. The van der Waals surface area contributed by atoms with Crippen LogP contribution in [-0.4, -0.2) is 24.3 Å². The highest BCUT2D eigenvalue weighted by molar-refractivity contribution is 6.32. The molecule has 0 fully saturated rings.